The van der Waals surface area contributed by atoms with Crippen molar-refractivity contribution in [2.45, 2.75) is 0 Å². The first-order chi connectivity index (χ1) is 9.61. The smallest absolute Gasteiger partial charge is 0.254 e. The van der Waals surface area contributed by atoms with Crippen molar-refractivity contribution in [1.82, 2.24) is 4.90 Å². The van der Waals surface area contributed by atoms with E-state index in [9.17, 15) is 4.79 Å². The minimum Gasteiger partial charge on any atom is -0.386 e. The Balaban J connectivity index is 2.24. The number of benzene rings is 1. The van der Waals surface area contributed by atoms with E-state index >= 15 is 0 Å². The standard InChI is InChI=1S/C13H15Cl2N3O2/c14-8-12(16)17-11-7-9(1-2-10(11)15)13(19)18-3-5-20-6-4-18/h1-2,7H,3-6,8H2,(H2,16,17). The number of rotatable bonds is 3. The lowest BCUT2D eigenvalue weighted by molar-refractivity contribution is 0.0303. The molecule has 2 N–H and O–H groups in total. The normalized spacial score (nSPS) is 16.3. The highest BCUT2D eigenvalue weighted by Crippen LogP contribution is 2.26. The summed E-state index contributed by atoms with van der Waals surface area (Å²) in [5.74, 6) is 0.299. The van der Waals surface area contributed by atoms with Crippen LogP contribution in [0.1, 0.15) is 10.4 Å². The van der Waals surface area contributed by atoms with Gasteiger partial charge < -0.3 is 15.4 Å². The summed E-state index contributed by atoms with van der Waals surface area (Å²) < 4.78 is 5.23. The molecular formula is C13H15Cl2N3O2. The van der Waals surface area contributed by atoms with Gasteiger partial charge in [-0.1, -0.05) is 11.6 Å². The van der Waals surface area contributed by atoms with Gasteiger partial charge in [0.05, 0.1) is 29.8 Å². The molecule has 0 saturated carbocycles. The first-order valence-electron chi connectivity index (χ1n) is 6.17. The number of amides is 1. The number of carbonyl (C=O) groups is 1. The summed E-state index contributed by atoms with van der Waals surface area (Å²) in [5, 5.41) is 0.427. The van der Waals surface area contributed by atoms with Crippen molar-refractivity contribution < 1.29 is 9.53 Å². The number of morpholine rings is 1. The van der Waals surface area contributed by atoms with Crippen molar-refractivity contribution in [2.75, 3.05) is 32.2 Å². The van der Waals surface area contributed by atoms with E-state index in [0.717, 1.165) is 0 Å². The van der Waals surface area contributed by atoms with E-state index in [2.05, 4.69) is 4.99 Å². The van der Waals surface area contributed by atoms with E-state index in [1.165, 1.54) is 0 Å². The molecule has 108 valence electrons. The van der Waals surface area contributed by atoms with Gasteiger partial charge in [0, 0.05) is 18.7 Å². The lowest BCUT2D eigenvalue weighted by atomic mass is 10.1. The molecule has 1 amide bonds. The predicted molar refractivity (Wildman–Crippen MR) is 80.2 cm³/mol. The van der Waals surface area contributed by atoms with Crippen molar-refractivity contribution in [2.24, 2.45) is 10.7 Å². The first kappa shape index (κ1) is 15.1. The van der Waals surface area contributed by atoms with Gasteiger partial charge in [-0.3, -0.25) is 4.79 Å². The molecule has 0 bridgehead atoms. The molecule has 1 aliphatic heterocycles. The summed E-state index contributed by atoms with van der Waals surface area (Å²) in [5.41, 5.74) is 6.56. The Hall–Kier alpha value is -1.30. The molecule has 0 aromatic heterocycles. The van der Waals surface area contributed by atoms with Gasteiger partial charge in [0.25, 0.3) is 5.91 Å². The second-order valence-corrected chi connectivity index (χ2v) is 4.98. The Morgan fingerprint density at radius 3 is 2.75 bits per heavy atom. The molecule has 0 atom stereocenters. The molecule has 20 heavy (non-hydrogen) atoms. The number of hydrogen-bond donors (Lipinski definition) is 1. The quantitative estimate of drug-likeness (QED) is 0.527. The monoisotopic (exact) mass is 315 g/mol. The molecule has 1 aromatic carbocycles. The molecule has 1 aromatic rings. The van der Waals surface area contributed by atoms with Crippen LogP contribution in [0.5, 0.6) is 0 Å². The van der Waals surface area contributed by atoms with E-state index in [4.69, 9.17) is 33.7 Å². The van der Waals surface area contributed by atoms with Crippen molar-refractivity contribution in [3.05, 3.63) is 28.8 Å². The summed E-state index contributed by atoms with van der Waals surface area (Å²) in [6, 6.07) is 4.94. The third-order valence-electron chi connectivity index (χ3n) is 2.89. The largest absolute Gasteiger partial charge is 0.386 e. The van der Waals surface area contributed by atoms with Gasteiger partial charge in [0.1, 0.15) is 5.84 Å². The molecule has 7 heteroatoms. The fourth-order valence-corrected chi connectivity index (χ4v) is 2.08. The van der Waals surface area contributed by atoms with Gasteiger partial charge in [-0.25, -0.2) is 4.99 Å². The highest BCUT2D eigenvalue weighted by molar-refractivity contribution is 6.33. The molecule has 5 nitrogen and oxygen atoms in total. The number of nitrogens with two attached hydrogens (primary N) is 1. The van der Waals surface area contributed by atoms with Gasteiger partial charge in [0.2, 0.25) is 0 Å². The minimum atomic E-state index is -0.0640. The van der Waals surface area contributed by atoms with Gasteiger partial charge in [-0.05, 0) is 18.2 Å². The molecule has 0 spiro atoms. The van der Waals surface area contributed by atoms with Crippen LogP contribution in [-0.4, -0.2) is 48.8 Å². The maximum atomic E-state index is 12.3. The van der Waals surface area contributed by atoms with Crippen LogP contribution in [0, 0.1) is 0 Å². The maximum absolute atomic E-state index is 12.3. The van der Waals surface area contributed by atoms with Crippen molar-refractivity contribution in [1.29, 1.82) is 0 Å². The fraction of sp³-hybridized carbons (Fsp3) is 0.385. The summed E-state index contributed by atoms with van der Waals surface area (Å²) in [6.45, 7) is 2.29. The van der Waals surface area contributed by atoms with Gasteiger partial charge in [-0.15, -0.1) is 11.6 Å². The Bertz CT molecular complexity index is 528. The highest BCUT2D eigenvalue weighted by atomic mass is 35.5. The summed E-state index contributed by atoms with van der Waals surface area (Å²) in [7, 11) is 0. The summed E-state index contributed by atoms with van der Waals surface area (Å²) in [6.07, 6.45) is 0. The second kappa shape index (κ2) is 6.92. The van der Waals surface area contributed by atoms with Crippen molar-refractivity contribution in [3.8, 4) is 0 Å². The summed E-state index contributed by atoms with van der Waals surface area (Å²) >= 11 is 11.6. The van der Waals surface area contributed by atoms with Gasteiger partial charge >= 0.3 is 0 Å². The van der Waals surface area contributed by atoms with Crippen LogP contribution in [-0.2, 0) is 4.74 Å². The van der Waals surface area contributed by atoms with Crippen LogP contribution < -0.4 is 5.73 Å². The Morgan fingerprint density at radius 1 is 1.40 bits per heavy atom. The number of nitrogens with zero attached hydrogens (tertiary/aromatic N) is 2. The lowest BCUT2D eigenvalue weighted by Crippen LogP contribution is -2.40. The maximum Gasteiger partial charge on any atom is 0.254 e. The van der Waals surface area contributed by atoms with Gasteiger partial charge in [-0.2, -0.15) is 0 Å². The van der Waals surface area contributed by atoms with Gasteiger partial charge in [0.15, 0.2) is 0 Å². The van der Waals surface area contributed by atoms with E-state index < -0.39 is 0 Å². The Morgan fingerprint density at radius 2 is 2.10 bits per heavy atom. The zero-order valence-corrected chi connectivity index (χ0v) is 12.3. The first-order valence-corrected chi connectivity index (χ1v) is 7.08. The number of hydrogen-bond acceptors (Lipinski definition) is 3. The molecule has 1 saturated heterocycles. The molecule has 0 aliphatic carbocycles. The molecule has 1 aliphatic rings. The zero-order chi connectivity index (χ0) is 14.5. The fourth-order valence-electron chi connectivity index (χ4n) is 1.86. The van der Waals surface area contributed by atoms with Crippen LogP contribution in [0.2, 0.25) is 5.02 Å². The minimum absolute atomic E-state index is 0.0640. The number of aliphatic imine (C=N–C) groups is 1. The third-order valence-corrected chi connectivity index (χ3v) is 3.49. The van der Waals surface area contributed by atoms with E-state index in [-0.39, 0.29) is 17.6 Å². The number of ether oxygens (including phenoxy) is 1. The lowest BCUT2D eigenvalue weighted by Gasteiger charge is -2.27. The number of halogens is 2. The molecule has 2 rings (SSSR count). The van der Waals surface area contributed by atoms with E-state index in [1.807, 2.05) is 0 Å². The molecule has 1 fully saturated rings. The zero-order valence-electron chi connectivity index (χ0n) is 10.8. The van der Waals surface area contributed by atoms with Crippen LogP contribution in [0.3, 0.4) is 0 Å². The average Bonchev–Trinajstić information content (AvgIpc) is 2.49. The van der Waals surface area contributed by atoms with Crippen LogP contribution in [0.15, 0.2) is 23.2 Å². The second-order valence-electron chi connectivity index (χ2n) is 4.31. The van der Waals surface area contributed by atoms with E-state index in [1.54, 1.807) is 23.1 Å². The average molecular weight is 316 g/mol. The van der Waals surface area contributed by atoms with Crippen LogP contribution in [0.25, 0.3) is 0 Å². The third kappa shape index (κ3) is 3.62. The SMILES string of the molecule is NC(CCl)=Nc1cc(C(=O)N2CCOCC2)ccc1Cl. The number of carbonyl (C=O) groups excluding carboxylic acids is 1. The summed E-state index contributed by atoms with van der Waals surface area (Å²) in [4.78, 5) is 18.2. The van der Waals surface area contributed by atoms with Crippen molar-refractivity contribution in [3.63, 3.8) is 0 Å². The molecule has 1 heterocycles. The van der Waals surface area contributed by atoms with E-state index in [0.29, 0.717) is 42.6 Å². The molecule has 0 unspecified atom stereocenters. The molecular weight excluding hydrogens is 301 g/mol. The highest BCUT2D eigenvalue weighted by Gasteiger charge is 2.19. The van der Waals surface area contributed by atoms with Crippen LogP contribution >= 0.6 is 23.2 Å². The predicted octanol–water partition coefficient (Wildman–Crippen LogP) is 2.04. The molecule has 0 radical (unpaired) electrons. The Kier molecular flexibility index (Phi) is 5.23. The topological polar surface area (TPSA) is 67.9 Å². The van der Waals surface area contributed by atoms with Crippen LogP contribution in [0.4, 0.5) is 5.69 Å². The number of amidine groups is 1. The van der Waals surface area contributed by atoms with Crippen molar-refractivity contribution >= 4 is 40.6 Å². The number of alkyl halides is 1. The Labute approximate surface area is 127 Å².